The molecule has 0 N–H and O–H groups in total. The normalized spacial score (nSPS) is 20.6. The Kier molecular flexibility index (Phi) is 20.1. The zero-order chi connectivity index (χ0) is 27.1. The third-order valence-electron chi connectivity index (χ3n) is 8.71. The van der Waals surface area contributed by atoms with E-state index in [1.54, 1.807) is 0 Å². The first kappa shape index (κ1) is 33.4. The molecule has 0 amide bonds. The van der Waals surface area contributed by atoms with Gasteiger partial charge in [0.25, 0.3) is 0 Å². The first-order chi connectivity index (χ1) is 18.7. The van der Waals surface area contributed by atoms with Gasteiger partial charge in [0.1, 0.15) is 6.10 Å². The number of carbonyl (C=O) groups is 1. The number of carbonyl (C=O) groups excluding carboxylic acids is 1. The average Bonchev–Trinajstić information content (AvgIpc) is 3.58. The van der Waals surface area contributed by atoms with Crippen molar-refractivity contribution in [3.63, 3.8) is 0 Å². The van der Waals surface area contributed by atoms with Gasteiger partial charge < -0.3 is 9.47 Å². The van der Waals surface area contributed by atoms with Gasteiger partial charge in [0.15, 0.2) is 0 Å². The number of hydrogen-bond donors (Lipinski definition) is 0. The van der Waals surface area contributed by atoms with Crippen LogP contribution in [0, 0.1) is 0 Å². The van der Waals surface area contributed by atoms with Crippen LogP contribution in [0.3, 0.4) is 0 Å². The second-order valence-electron chi connectivity index (χ2n) is 12.5. The van der Waals surface area contributed by atoms with E-state index in [2.05, 4.69) is 6.92 Å². The van der Waals surface area contributed by atoms with Gasteiger partial charge in [-0.1, -0.05) is 155 Å². The molecule has 2 heterocycles. The van der Waals surface area contributed by atoms with Gasteiger partial charge in [-0.2, -0.15) is 0 Å². The number of rotatable bonds is 28. The van der Waals surface area contributed by atoms with Gasteiger partial charge in [-0.3, -0.25) is 0 Å². The molecular weight excluding hydrogens is 468 g/mol. The van der Waals surface area contributed by atoms with Crippen molar-refractivity contribution in [2.24, 2.45) is 0 Å². The topological polar surface area (TPSA) is 38.8 Å². The Bertz CT molecular complexity index is 598. The zero-order valence-electron chi connectivity index (χ0n) is 25.6. The monoisotopic (exact) mass is 532 g/mol. The smallest absolute Gasteiger partial charge is 0.334 e. The van der Waals surface area contributed by atoms with E-state index in [1.165, 1.54) is 161 Å². The van der Waals surface area contributed by atoms with Gasteiger partial charge in [0.2, 0.25) is 0 Å². The Morgan fingerprint density at radius 1 is 0.553 bits per heavy atom. The van der Waals surface area contributed by atoms with Crippen molar-refractivity contribution >= 4 is 5.97 Å². The van der Waals surface area contributed by atoms with Gasteiger partial charge in [-0.05, 0) is 38.7 Å². The third kappa shape index (κ3) is 17.7. The van der Waals surface area contributed by atoms with Crippen LogP contribution in [-0.2, 0) is 14.3 Å². The summed E-state index contributed by atoms with van der Waals surface area (Å²) in [7, 11) is 0. The molecule has 0 spiro atoms. The van der Waals surface area contributed by atoms with Crippen molar-refractivity contribution in [3.05, 3.63) is 11.6 Å². The molecule has 2 aliphatic rings. The Hall–Kier alpha value is -0.830. The fraction of sp³-hybridized carbons (Fsp3) is 0.914. The molecule has 2 aliphatic heterocycles. The number of ether oxygens (including phenoxy) is 2. The van der Waals surface area contributed by atoms with Crippen LogP contribution >= 0.6 is 0 Å². The second-order valence-corrected chi connectivity index (χ2v) is 12.5. The lowest BCUT2D eigenvalue weighted by molar-refractivity contribution is -0.139. The van der Waals surface area contributed by atoms with Crippen LogP contribution in [0.2, 0.25) is 0 Å². The van der Waals surface area contributed by atoms with E-state index >= 15 is 0 Å². The van der Waals surface area contributed by atoms with Crippen molar-refractivity contribution < 1.29 is 14.3 Å². The molecule has 3 heteroatoms. The van der Waals surface area contributed by atoms with Gasteiger partial charge in [0.05, 0.1) is 12.2 Å². The molecule has 0 radical (unpaired) electrons. The second kappa shape index (κ2) is 22.9. The lowest BCUT2D eigenvalue weighted by Crippen LogP contribution is -2.03. The highest BCUT2D eigenvalue weighted by atomic mass is 16.6. The number of hydrogen-bond acceptors (Lipinski definition) is 3. The van der Waals surface area contributed by atoms with Gasteiger partial charge >= 0.3 is 5.97 Å². The summed E-state index contributed by atoms with van der Waals surface area (Å²) in [6.07, 6.45) is 40.1. The quantitative estimate of drug-likeness (QED) is 0.0571. The molecule has 3 nitrogen and oxygen atoms in total. The van der Waals surface area contributed by atoms with Gasteiger partial charge in [-0.25, -0.2) is 4.79 Å². The fourth-order valence-corrected chi connectivity index (χ4v) is 6.12. The Morgan fingerprint density at radius 3 is 1.29 bits per heavy atom. The molecule has 0 aromatic rings. The summed E-state index contributed by atoms with van der Waals surface area (Å²) in [4.78, 5) is 11.6. The minimum absolute atomic E-state index is 0.0190. The number of cyclic esters (lactones) is 1. The highest BCUT2D eigenvalue weighted by Crippen LogP contribution is 2.32. The van der Waals surface area contributed by atoms with Crippen molar-refractivity contribution in [1.82, 2.24) is 0 Å². The molecule has 0 aromatic heterocycles. The molecule has 3 atom stereocenters. The maximum absolute atomic E-state index is 11.6. The molecule has 1 fully saturated rings. The number of esters is 1. The Labute approximate surface area is 237 Å². The van der Waals surface area contributed by atoms with Crippen molar-refractivity contribution in [2.75, 3.05) is 0 Å². The van der Waals surface area contributed by atoms with Crippen LogP contribution in [0.25, 0.3) is 0 Å². The van der Waals surface area contributed by atoms with Crippen LogP contribution in [0.15, 0.2) is 11.6 Å². The van der Waals surface area contributed by atoms with Gasteiger partial charge in [-0.15, -0.1) is 0 Å². The predicted octanol–water partition coefficient (Wildman–Crippen LogP) is 11.2. The standard InChI is InChI=1S/C35H64O3/c1-3-4-5-6-7-8-9-10-11-12-16-19-22-25-28-33-34(38-33)29-26-23-20-17-14-13-15-18-21-24-27-32-30-31(2)37-35(32)36/h30-31,33-34H,3-29H2,1-2H3/t31-,33?,34?/m0/s1. The third-order valence-corrected chi connectivity index (χ3v) is 8.71. The molecule has 2 rings (SSSR count). The molecule has 0 aromatic carbocycles. The molecule has 2 unspecified atom stereocenters. The summed E-state index contributed by atoms with van der Waals surface area (Å²) in [5.74, 6) is -0.0914. The molecule has 0 saturated carbocycles. The minimum atomic E-state index is -0.0914. The Balaban J connectivity index is 1.21. The van der Waals surface area contributed by atoms with Crippen LogP contribution in [-0.4, -0.2) is 24.3 Å². The van der Waals surface area contributed by atoms with E-state index in [1.807, 2.05) is 13.0 Å². The lowest BCUT2D eigenvalue weighted by atomic mass is 10.0. The molecule has 222 valence electrons. The van der Waals surface area contributed by atoms with Crippen molar-refractivity contribution in [1.29, 1.82) is 0 Å². The minimum Gasteiger partial charge on any atom is -0.455 e. The van der Waals surface area contributed by atoms with E-state index in [0.29, 0.717) is 12.2 Å². The zero-order valence-corrected chi connectivity index (χ0v) is 25.6. The summed E-state index contributed by atoms with van der Waals surface area (Å²) in [6.45, 7) is 4.23. The summed E-state index contributed by atoms with van der Waals surface area (Å²) in [5, 5.41) is 0. The first-order valence-corrected chi connectivity index (χ1v) is 17.3. The molecule has 0 bridgehead atoms. The maximum atomic E-state index is 11.6. The number of unbranched alkanes of at least 4 members (excludes halogenated alkanes) is 22. The summed E-state index contributed by atoms with van der Waals surface area (Å²) in [5.41, 5.74) is 0.898. The molecule has 1 saturated heterocycles. The van der Waals surface area contributed by atoms with Crippen LogP contribution < -0.4 is 0 Å². The lowest BCUT2D eigenvalue weighted by Gasteiger charge is -2.03. The van der Waals surface area contributed by atoms with Crippen molar-refractivity contribution in [2.45, 2.75) is 206 Å². The summed E-state index contributed by atoms with van der Waals surface area (Å²) in [6, 6.07) is 0. The average molecular weight is 533 g/mol. The van der Waals surface area contributed by atoms with Crippen LogP contribution in [0.1, 0.15) is 187 Å². The van der Waals surface area contributed by atoms with E-state index < -0.39 is 0 Å². The van der Waals surface area contributed by atoms with E-state index in [0.717, 1.165) is 18.4 Å². The maximum Gasteiger partial charge on any atom is 0.334 e. The molecule has 0 aliphatic carbocycles. The Morgan fingerprint density at radius 2 is 0.921 bits per heavy atom. The number of epoxide rings is 1. The summed E-state index contributed by atoms with van der Waals surface area (Å²) < 4.78 is 11.1. The fourth-order valence-electron chi connectivity index (χ4n) is 6.12. The van der Waals surface area contributed by atoms with E-state index in [9.17, 15) is 4.79 Å². The van der Waals surface area contributed by atoms with E-state index in [-0.39, 0.29) is 12.1 Å². The van der Waals surface area contributed by atoms with Crippen LogP contribution in [0.4, 0.5) is 0 Å². The summed E-state index contributed by atoms with van der Waals surface area (Å²) >= 11 is 0. The molecule has 38 heavy (non-hydrogen) atoms. The predicted molar refractivity (Wildman–Crippen MR) is 163 cm³/mol. The van der Waals surface area contributed by atoms with E-state index in [4.69, 9.17) is 9.47 Å². The van der Waals surface area contributed by atoms with Crippen molar-refractivity contribution in [3.8, 4) is 0 Å². The highest BCUT2D eigenvalue weighted by molar-refractivity contribution is 5.90. The SMILES string of the molecule is CCCCCCCCCCCCCCCCC1OC1CCCCCCCCCCCCC1=C[C@H](C)OC1=O. The molecular formula is C35H64O3. The first-order valence-electron chi connectivity index (χ1n) is 17.3. The highest BCUT2D eigenvalue weighted by Gasteiger charge is 2.36. The van der Waals surface area contributed by atoms with Crippen LogP contribution in [0.5, 0.6) is 0 Å². The largest absolute Gasteiger partial charge is 0.455 e. The van der Waals surface area contributed by atoms with Gasteiger partial charge in [0, 0.05) is 5.57 Å².